The fraction of sp³-hybridized carbons (Fsp3) is 0.350. The van der Waals surface area contributed by atoms with E-state index in [1.54, 1.807) is 17.2 Å². The molecule has 0 fully saturated rings. The molecular formula is C20H21FN4O. The average molecular weight is 352 g/mol. The number of hydrogen-bond acceptors (Lipinski definition) is 3. The molecule has 3 heterocycles. The molecule has 0 saturated carbocycles. The first-order valence-electron chi connectivity index (χ1n) is 8.91. The number of aryl methyl sites for hydroxylation is 2. The molecule has 0 radical (unpaired) electrons. The van der Waals surface area contributed by atoms with Crippen LogP contribution < -0.4 is 4.90 Å². The summed E-state index contributed by atoms with van der Waals surface area (Å²) in [5.74, 6) is -0.560. The average Bonchev–Trinajstić information content (AvgIpc) is 3.03. The van der Waals surface area contributed by atoms with Crippen LogP contribution in [0.3, 0.4) is 0 Å². The van der Waals surface area contributed by atoms with E-state index in [9.17, 15) is 9.18 Å². The predicted molar refractivity (Wildman–Crippen MR) is 99.0 cm³/mol. The highest BCUT2D eigenvalue weighted by molar-refractivity contribution is 6.08. The van der Waals surface area contributed by atoms with Gasteiger partial charge in [0.1, 0.15) is 5.82 Å². The van der Waals surface area contributed by atoms with Crippen molar-refractivity contribution < 1.29 is 9.18 Å². The third-order valence-electron chi connectivity index (χ3n) is 4.89. The number of aromatic nitrogens is 3. The minimum atomic E-state index is -0.352. The Morgan fingerprint density at radius 3 is 2.88 bits per heavy atom. The number of para-hydroxylation sites is 1. The molecule has 5 nitrogen and oxygen atoms in total. The second-order valence-corrected chi connectivity index (χ2v) is 7.02. The molecule has 134 valence electrons. The quantitative estimate of drug-likeness (QED) is 0.699. The number of rotatable bonds is 2. The zero-order valence-electron chi connectivity index (χ0n) is 15.2. The van der Waals surface area contributed by atoms with Gasteiger partial charge in [-0.15, -0.1) is 0 Å². The van der Waals surface area contributed by atoms with E-state index in [0.29, 0.717) is 23.5 Å². The van der Waals surface area contributed by atoms with Crippen molar-refractivity contribution in [3.05, 3.63) is 53.1 Å². The van der Waals surface area contributed by atoms with Gasteiger partial charge in [-0.2, -0.15) is 5.10 Å². The SMILES string of the molecule is Cc1nc2c(cnn2C(C)C)cc1C(=O)N1CCCc2cccc(F)c21. The number of pyridine rings is 1. The van der Waals surface area contributed by atoms with Crippen LogP contribution in [0.1, 0.15) is 47.9 Å². The lowest BCUT2D eigenvalue weighted by molar-refractivity contribution is 0.0983. The number of hydrogen-bond donors (Lipinski definition) is 0. The van der Waals surface area contributed by atoms with Gasteiger partial charge in [0.25, 0.3) is 5.91 Å². The molecule has 6 heteroatoms. The van der Waals surface area contributed by atoms with E-state index in [0.717, 1.165) is 29.4 Å². The lowest BCUT2D eigenvalue weighted by atomic mass is 10.00. The minimum Gasteiger partial charge on any atom is -0.305 e. The van der Waals surface area contributed by atoms with Crippen molar-refractivity contribution >= 4 is 22.6 Å². The first-order chi connectivity index (χ1) is 12.5. The number of carbonyl (C=O) groups excluding carboxylic acids is 1. The normalized spacial score (nSPS) is 14.1. The van der Waals surface area contributed by atoms with Crippen LogP contribution in [0.2, 0.25) is 0 Å². The van der Waals surface area contributed by atoms with Gasteiger partial charge in [0.2, 0.25) is 0 Å². The maximum atomic E-state index is 14.4. The van der Waals surface area contributed by atoms with E-state index >= 15 is 0 Å². The van der Waals surface area contributed by atoms with Crippen molar-refractivity contribution in [3.63, 3.8) is 0 Å². The number of benzene rings is 1. The van der Waals surface area contributed by atoms with Crippen molar-refractivity contribution in [2.75, 3.05) is 11.4 Å². The zero-order chi connectivity index (χ0) is 18.4. The Morgan fingerprint density at radius 1 is 1.31 bits per heavy atom. The fourth-order valence-corrected chi connectivity index (χ4v) is 3.61. The number of nitrogens with zero attached hydrogens (tertiary/aromatic N) is 4. The van der Waals surface area contributed by atoms with Gasteiger partial charge < -0.3 is 4.90 Å². The van der Waals surface area contributed by atoms with Crippen LogP contribution in [-0.2, 0) is 6.42 Å². The molecule has 0 atom stereocenters. The van der Waals surface area contributed by atoms with Gasteiger partial charge in [-0.05, 0) is 51.3 Å². The van der Waals surface area contributed by atoms with E-state index in [-0.39, 0.29) is 17.8 Å². The van der Waals surface area contributed by atoms with E-state index < -0.39 is 0 Å². The van der Waals surface area contributed by atoms with E-state index in [4.69, 9.17) is 0 Å². The Balaban J connectivity index is 1.80. The summed E-state index contributed by atoms with van der Waals surface area (Å²) < 4.78 is 16.3. The van der Waals surface area contributed by atoms with Gasteiger partial charge >= 0.3 is 0 Å². The lowest BCUT2D eigenvalue weighted by Gasteiger charge is -2.30. The monoisotopic (exact) mass is 352 g/mol. The minimum absolute atomic E-state index is 0.184. The maximum Gasteiger partial charge on any atom is 0.260 e. The highest BCUT2D eigenvalue weighted by Gasteiger charge is 2.28. The number of fused-ring (bicyclic) bond motifs is 2. The van der Waals surface area contributed by atoms with Gasteiger partial charge in [-0.1, -0.05) is 12.1 Å². The lowest BCUT2D eigenvalue weighted by Crippen LogP contribution is -2.36. The van der Waals surface area contributed by atoms with Gasteiger partial charge in [0.15, 0.2) is 5.65 Å². The highest BCUT2D eigenvalue weighted by atomic mass is 19.1. The Morgan fingerprint density at radius 2 is 2.12 bits per heavy atom. The van der Waals surface area contributed by atoms with Crippen LogP contribution in [0.4, 0.5) is 10.1 Å². The number of halogens is 1. The molecule has 1 aliphatic heterocycles. The smallest absolute Gasteiger partial charge is 0.260 e. The molecule has 0 spiro atoms. The molecule has 1 amide bonds. The van der Waals surface area contributed by atoms with E-state index in [1.165, 1.54) is 6.07 Å². The molecule has 2 aromatic heterocycles. The molecule has 1 aliphatic rings. The summed E-state index contributed by atoms with van der Waals surface area (Å²) >= 11 is 0. The fourth-order valence-electron chi connectivity index (χ4n) is 3.61. The molecular weight excluding hydrogens is 331 g/mol. The van der Waals surface area contributed by atoms with E-state index in [2.05, 4.69) is 10.1 Å². The van der Waals surface area contributed by atoms with E-state index in [1.807, 2.05) is 37.6 Å². The van der Waals surface area contributed by atoms with Gasteiger partial charge in [-0.3, -0.25) is 4.79 Å². The maximum absolute atomic E-state index is 14.4. The molecule has 0 bridgehead atoms. The third-order valence-corrected chi connectivity index (χ3v) is 4.89. The summed E-state index contributed by atoms with van der Waals surface area (Å²) in [5, 5.41) is 5.19. The summed E-state index contributed by atoms with van der Waals surface area (Å²) in [7, 11) is 0. The first kappa shape index (κ1) is 16.7. The molecule has 0 unspecified atom stereocenters. The first-order valence-corrected chi connectivity index (χ1v) is 8.91. The standard InChI is InChI=1S/C20H21FN4O/c1-12(2)25-19-15(11-22-25)10-16(13(3)23-19)20(26)24-9-5-7-14-6-4-8-17(21)18(14)24/h4,6,8,10-12H,5,7,9H2,1-3H3. The molecule has 0 aliphatic carbocycles. The van der Waals surface area contributed by atoms with Crippen molar-refractivity contribution in [1.29, 1.82) is 0 Å². The third kappa shape index (κ3) is 2.57. The summed E-state index contributed by atoms with van der Waals surface area (Å²) in [6.07, 6.45) is 3.33. The number of anilines is 1. The summed E-state index contributed by atoms with van der Waals surface area (Å²) in [4.78, 5) is 19.4. The van der Waals surface area contributed by atoms with Crippen LogP contribution in [0.5, 0.6) is 0 Å². The molecule has 0 saturated heterocycles. The van der Waals surface area contributed by atoms with Crippen LogP contribution in [-0.4, -0.2) is 27.2 Å². The molecule has 3 aromatic rings. The highest BCUT2D eigenvalue weighted by Crippen LogP contribution is 2.32. The van der Waals surface area contributed by atoms with Gasteiger partial charge in [-0.25, -0.2) is 14.1 Å². The zero-order valence-corrected chi connectivity index (χ0v) is 15.2. The Labute approximate surface area is 151 Å². The largest absolute Gasteiger partial charge is 0.305 e. The van der Waals surface area contributed by atoms with Crippen molar-refractivity contribution in [3.8, 4) is 0 Å². The second kappa shape index (κ2) is 6.20. The van der Waals surface area contributed by atoms with Crippen LogP contribution in [0.15, 0.2) is 30.5 Å². The van der Waals surface area contributed by atoms with Gasteiger partial charge in [0, 0.05) is 18.0 Å². The topological polar surface area (TPSA) is 51.0 Å². The Bertz CT molecular complexity index is 1010. The van der Waals surface area contributed by atoms with Crippen molar-refractivity contribution in [1.82, 2.24) is 14.8 Å². The van der Waals surface area contributed by atoms with Crippen LogP contribution in [0, 0.1) is 12.7 Å². The predicted octanol–water partition coefficient (Wildman–Crippen LogP) is 4.05. The summed E-state index contributed by atoms with van der Waals surface area (Å²) in [5.41, 5.74) is 3.18. The summed E-state index contributed by atoms with van der Waals surface area (Å²) in [6.45, 7) is 6.40. The summed E-state index contributed by atoms with van der Waals surface area (Å²) in [6, 6.07) is 7.00. The van der Waals surface area contributed by atoms with Gasteiger partial charge in [0.05, 0.1) is 23.1 Å². The van der Waals surface area contributed by atoms with Crippen LogP contribution in [0.25, 0.3) is 11.0 Å². The molecule has 1 aromatic carbocycles. The molecule has 4 rings (SSSR count). The number of carbonyl (C=O) groups is 1. The van der Waals surface area contributed by atoms with Crippen LogP contribution >= 0.6 is 0 Å². The van der Waals surface area contributed by atoms with Crippen molar-refractivity contribution in [2.24, 2.45) is 0 Å². The molecule has 0 N–H and O–H groups in total. The van der Waals surface area contributed by atoms with Crippen molar-refractivity contribution in [2.45, 2.75) is 39.7 Å². The second-order valence-electron chi connectivity index (χ2n) is 7.02. The number of amides is 1. The molecule has 26 heavy (non-hydrogen) atoms. The Hall–Kier alpha value is -2.76. The Kier molecular flexibility index (Phi) is 3.98.